The van der Waals surface area contributed by atoms with Gasteiger partial charge in [-0.2, -0.15) is 0 Å². The van der Waals surface area contributed by atoms with Crippen LogP contribution in [0.5, 0.6) is 0 Å². The molecule has 1 aliphatic heterocycles. The van der Waals surface area contributed by atoms with Crippen LogP contribution < -0.4 is 0 Å². The molecule has 105 valence electrons. The molecule has 0 aromatic heterocycles. The smallest absolute Gasteiger partial charge is 0.0406 e. The van der Waals surface area contributed by atoms with Crippen LogP contribution in [0.1, 0.15) is 44.1 Å². The van der Waals surface area contributed by atoms with Crippen LogP contribution >= 0.6 is 11.6 Å². The van der Waals surface area contributed by atoms with Crippen molar-refractivity contribution in [1.82, 2.24) is 4.90 Å². The summed E-state index contributed by atoms with van der Waals surface area (Å²) in [5, 5.41) is 0.827. The van der Waals surface area contributed by atoms with E-state index in [-0.39, 0.29) is 0 Å². The van der Waals surface area contributed by atoms with Gasteiger partial charge in [0.2, 0.25) is 0 Å². The Morgan fingerprint density at radius 2 is 1.79 bits per heavy atom. The number of piperidine rings is 1. The lowest BCUT2D eigenvalue weighted by atomic mass is 10.00. The van der Waals surface area contributed by atoms with E-state index in [1.54, 1.807) is 0 Å². The van der Waals surface area contributed by atoms with Crippen molar-refractivity contribution in [2.45, 2.75) is 51.0 Å². The Labute approximate surface area is 123 Å². The van der Waals surface area contributed by atoms with Gasteiger partial charge in [0, 0.05) is 11.1 Å². The first kappa shape index (κ1) is 14.9. The summed E-state index contributed by atoms with van der Waals surface area (Å²) in [5.74, 6) is 0. The lowest BCUT2D eigenvalue weighted by Crippen LogP contribution is -2.38. The summed E-state index contributed by atoms with van der Waals surface area (Å²) in [4.78, 5) is 2.65. The largest absolute Gasteiger partial charge is 0.300 e. The minimum absolute atomic E-state index is 0.688. The number of hydrogen-bond donors (Lipinski definition) is 0. The van der Waals surface area contributed by atoms with Gasteiger partial charge >= 0.3 is 0 Å². The predicted octanol–water partition coefficient (Wildman–Crippen LogP) is 4.74. The number of nitrogens with zero attached hydrogens (tertiary/aromatic N) is 1. The van der Waals surface area contributed by atoms with E-state index < -0.39 is 0 Å². The average Bonchev–Trinajstić information content (AvgIpc) is 2.46. The minimum atomic E-state index is 0.688. The van der Waals surface area contributed by atoms with Gasteiger partial charge in [0.15, 0.2) is 0 Å². The van der Waals surface area contributed by atoms with Crippen LogP contribution in [0.3, 0.4) is 0 Å². The SMILES string of the molecule is [CH2]CC(CCCc1ccc(Cl)cc1)N1CCCCC1. The number of likely N-dealkylation sites (tertiary alicyclic amines) is 1. The molecule has 1 aliphatic rings. The van der Waals surface area contributed by atoms with Crippen LogP contribution in [-0.2, 0) is 6.42 Å². The monoisotopic (exact) mass is 278 g/mol. The molecule has 0 aliphatic carbocycles. The van der Waals surface area contributed by atoms with Crippen molar-refractivity contribution in [3.05, 3.63) is 41.8 Å². The second-order valence-electron chi connectivity index (χ2n) is 5.56. The van der Waals surface area contributed by atoms with Crippen LogP contribution in [0.4, 0.5) is 0 Å². The highest BCUT2D eigenvalue weighted by Gasteiger charge is 2.18. The quantitative estimate of drug-likeness (QED) is 0.726. The first-order valence-electron chi connectivity index (χ1n) is 7.57. The molecule has 1 nitrogen and oxygen atoms in total. The first-order valence-corrected chi connectivity index (χ1v) is 7.95. The molecule has 1 atom stereocenters. The van der Waals surface area contributed by atoms with Gasteiger partial charge in [-0.3, -0.25) is 0 Å². The summed E-state index contributed by atoms with van der Waals surface area (Å²) in [5.41, 5.74) is 1.39. The maximum absolute atomic E-state index is 5.91. The van der Waals surface area contributed by atoms with Crippen molar-refractivity contribution in [3.8, 4) is 0 Å². The first-order chi connectivity index (χ1) is 9.29. The molecular weight excluding hydrogens is 254 g/mol. The molecule has 1 radical (unpaired) electrons. The number of aryl methyl sites for hydroxylation is 1. The lowest BCUT2D eigenvalue weighted by Gasteiger charge is -2.34. The fourth-order valence-corrected chi connectivity index (χ4v) is 3.11. The van der Waals surface area contributed by atoms with E-state index >= 15 is 0 Å². The number of halogens is 1. The van der Waals surface area contributed by atoms with Gasteiger partial charge in [-0.25, -0.2) is 0 Å². The third-order valence-electron chi connectivity index (χ3n) is 4.16. The van der Waals surface area contributed by atoms with E-state index in [1.807, 2.05) is 12.1 Å². The molecule has 1 heterocycles. The summed E-state index contributed by atoms with van der Waals surface area (Å²) in [6.45, 7) is 6.70. The molecule has 19 heavy (non-hydrogen) atoms. The predicted molar refractivity (Wildman–Crippen MR) is 83.6 cm³/mol. The third-order valence-corrected chi connectivity index (χ3v) is 4.41. The maximum Gasteiger partial charge on any atom is 0.0406 e. The molecule has 2 heteroatoms. The normalized spacial score (nSPS) is 18.4. The average molecular weight is 279 g/mol. The second-order valence-corrected chi connectivity index (χ2v) is 5.99. The van der Waals surface area contributed by atoms with E-state index in [2.05, 4.69) is 24.0 Å². The Kier molecular flexibility index (Phi) is 6.19. The van der Waals surface area contributed by atoms with Gasteiger partial charge in [0.1, 0.15) is 0 Å². The highest BCUT2D eigenvalue weighted by atomic mass is 35.5. The Balaban J connectivity index is 1.74. The van der Waals surface area contributed by atoms with Crippen molar-refractivity contribution in [2.24, 2.45) is 0 Å². The lowest BCUT2D eigenvalue weighted by molar-refractivity contribution is 0.154. The van der Waals surface area contributed by atoms with Crippen LogP contribution in [0.25, 0.3) is 0 Å². The molecule has 0 bridgehead atoms. The molecule has 1 aromatic carbocycles. The Morgan fingerprint density at radius 1 is 1.11 bits per heavy atom. The highest BCUT2D eigenvalue weighted by Crippen LogP contribution is 2.19. The molecule has 1 unspecified atom stereocenters. The zero-order valence-corrected chi connectivity index (χ0v) is 12.5. The van der Waals surface area contributed by atoms with Crippen molar-refractivity contribution in [1.29, 1.82) is 0 Å². The van der Waals surface area contributed by atoms with E-state index in [0.29, 0.717) is 6.04 Å². The van der Waals surface area contributed by atoms with Crippen molar-refractivity contribution >= 4 is 11.6 Å². The molecule has 0 amide bonds. The van der Waals surface area contributed by atoms with Crippen molar-refractivity contribution in [2.75, 3.05) is 13.1 Å². The van der Waals surface area contributed by atoms with Crippen LogP contribution in [-0.4, -0.2) is 24.0 Å². The van der Waals surface area contributed by atoms with E-state index in [4.69, 9.17) is 11.6 Å². The molecule has 1 fully saturated rings. The third kappa shape index (κ3) is 4.81. The minimum Gasteiger partial charge on any atom is -0.300 e. The summed E-state index contributed by atoms with van der Waals surface area (Å²) in [6.07, 6.45) is 8.86. The van der Waals surface area contributed by atoms with Gasteiger partial charge in [-0.05, 0) is 69.3 Å². The van der Waals surface area contributed by atoms with Gasteiger partial charge < -0.3 is 4.90 Å². The van der Waals surface area contributed by atoms with Crippen LogP contribution in [0.2, 0.25) is 5.02 Å². The van der Waals surface area contributed by atoms with Crippen LogP contribution in [0, 0.1) is 6.92 Å². The summed E-state index contributed by atoms with van der Waals surface area (Å²) in [6, 6.07) is 8.94. The standard InChI is InChI=1S/C17H25ClN/c1-2-17(19-13-4-3-5-14-19)8-6-7-15-9-11-16(18)12-10-15/h9-12,17H,1-8,13-14H2. The Morgan fingerprint density at radius 3 is 2.42 bits per heavy atom. The van der Waals surface area contributed by atoms with Gasteiger partial charge in [-0.1, -0.05) is 37.1 Å². The van der Waals surface area contributed by atoms with Crippen molar-refractivity contribution in [3.63, 3.8) is 0 Å². The summed E-state index contributed by atoms with van der Waals surface area (Å²) < 4.78 is 0. The molecule has 0 N–H and O–H groups in total. The molecule has 2 rings (SSSR count). The zero-order chi connectivity index (χ0) is 13.5. The van der Waals surface area contributed by atoms with E-state index in [0.717, 1.165) is 17.9 Å². The fraction of sp³-hybridized carbons (Fsp3) is 0.588. The Hall–Kier alpha value is -0.530. The summed E-state index contributed by atoms with van der Waals surface area (Å²) >= 11 is 5.91. The van der Waals surface area contributed by atoms with Gasteiger partial charge in [-0.15, -0.1) is 0 Å². The van der Waals surface area contributed by atoms with Gasteiger partial charge in [0.05, 0.1) is 0 Å². The molecule has 0 saturated carbocycles. The molecular formula is C17H25ClN. The molecule has 0 spiro atoms. The second kappa shape index (κ2) is 7.91. The zero-order valence-electron chi connectivity index (χ0n) is 11.8. The fourth-order valence-electron chi connectivity index (χ4n) is 2.99. The van der Waals surface area contributed by atoms with E-state index in [1.165, 1.54) is 50.8 Å². The Bertz CT molecular complexity index is 354. The maximum atomic E-state index is 5.91. The number of rotatable bonds is 6. The van der Waals surface area contributed by atoms with Crippen LogP contribution in [0.15, 0.2) is 24.3 Å². The van der Waals surface area contributed by atoms with E-state index in [9.17, 15) is 0 Å². The number of benzene rings is 1. The topological polar surface area (TPSA) is 3.24 Å². The van der Waals surface area contributed by atoms with Crippen molar-refractivity contribution < 1.29 is 0 Å². The molecule has 1 saturated heterocycles. The summed E-state index contributed by atoms with van der Waals surface area (Å²) in [7, 11) is 0. The highest BCUT2D eigenvalue weighted by molar-refractivity contribution is 6.30. The molecule has 1 aromatic rings. The number of hydrogen-bond acceptors (Lipinski definition) is 1. The van der Waals surface area contributed by atoms with Gasteiger partial charge in [0.25, 0.3) is 0 Å².